The highest BCUT2D eigenvalue weighted by molar-refractivity contribution is 5.86. The third-order valence-electron chi connectivity index (χ3n) is 3.08. The quantitative estimate of drug-likeness (QED) is 0.904. The molecule has 110 valence electrons. The first-order valence-corrected chi connectivity index (χ1v) is 6.82. The van der Waals surface area contributed by atoms with Crippen molar-refractivity contribution >= 4 is 11.8 Å². The van der Waals surface area contributed by atoms with Gasteiger partial charge in [-0.15, -0.1) is 0 Å². The Kier molecular flexibility index (Phi) is 4.82. The van der Waals surface area contributed by atoms with E-state index in [0.717, 1.165) is 11.3 Å². The zero-order valence-electron chi connectivity index (χ0n) is 12.4. The van der Waals surface area contributed by atoms with Gasteiger partial charge in [0.05, 0.1) is 7.11 Å². The molecule has 0 aromatic heterocycles. The highest BCUT2D eigenvalue weighted by Crippen LogP contribution is 2.26. The van der Waals surface area contributed by atoms with Crippen molar-refractivity contribution in [2.75, 3.05) is 12.4 Å². The van der Waals surface area contributed by atoms with Gasteiger partial charge in [0.25, 0.3) is 0 Å². The number of hydrogen-bond acceptors (Lipinski definition) is 3. The van der Waals surface area contributed by atoms with Crippen LogP contribution in [-0.4, -0.2) is 13.2 Å². The van der Waals surface area contributed by atoms with Gasteiger partial charge in [-0.25, -0.2) is 4.79 Å². The van der Waals surface area contributed by atoms with Gasteiger partial charge in [0, 0.05) is 5.69 Å². The maximum atomic E-state index is 11.9. The van der Waals surface area contributed by atoms with E-state index >= 15 is 0 Å². The molecular weight excluding hydrogens is 266 g/mol. The third-order valence-corrected chi connectivity index (χ3v) is 3.08. The normalized spacial score (nSPS) is 10.3. The summed E-state index contributed by atoms with van der Waals surface area (Å²) in [7, 11) is 1.60. The van der Waals surface area contributed by atoms with Crippen molar-refractivity contribution in [2.45, 2.75) is 19.8 Å². The fourth-order valence-corrected chi connectivity index (χ4v) is 1.97. The molecule has 0 aliphatic heterocycles. The van der Waals surface area contributed by atoms with Gasteiger partial charge in [0.2, 0.25) is 0 Å². The second-order valence-corrected chi connectivity index (χ2v) is 4.94. The van der Waals surface area contributed by atoms with E-state index in [1.54, 1.807) is 37.4 Å². The second kappa shape index (κ2) is 6.79. The summed E-state index contributed by atoms with van der Waals surface area (Å²) < 4.78 is 10.5. The Hall–Kier alpha value is -2.49. The smallest absolute Gasteiger partial charge is 0.417 e. The number of benzene rings is 2. The van der Waals surface area contributed by atoms with E-state index < -0.39 is 6.09 Å². The zero-order valence-corrected chi connectivity index (χ0v) is 12.4. The summed E-state index contributed by atoms with van der Waals surface area (Å²) in [5.74, 6) is 1.60. The number of nitrogens with one attached hydrogen (secondary N) is 1. The van der Waals surface area contributed by atoms with E-state index in [2.05, 4.69) is 19.2 Å². The average Bonchev–Trinajstić information content (AvgIpc) is 2.48. The summed E-state index contributed by atoms with van der Waals surface area (Å²) in [6, 6.07) is 14.6. The van der Waals surface area contributed by atoms with Crippen LogP contribution in [0.5, 0.6) is 11.5 Å². The Labute approximate surface area is 124 Å². The molecule has 0 atom stereocenters. The monoisotopic (exact) mass is 285 g/mol. The standard InChI is InChI=1S/C17H19NO3/c1-12(2)15-6-4-5-7-16(15)21-17(19)18-13-8-10-14(20-3)11-9-13/h4-12H,1-3H3,(H,18,19). The highest BCUT2D eigenvalue weighted by Gasteiger charge is 2.11. The van der Waals surface area contributed by atoms with Gasteiger partial charge >= 0.3 is 6.09 Å². The Morgan fingerprint density at radius 1 is 1.05 bits per heavy atom. The molecule has 2 rings (SSSR count). The van der Waals surface area contributed by atoms with Crippen LogP contribution in [-0.2, 0) is 0 Å². The molecule has 0 saturated carbocycles. The molecule has 4 nitrogen and oxygen atoms in total. The Morgan fingerprint density at radius 3 is 2.33 bits per heavy atom. The maximum absolute atomic E-state index is 11.9. The van der Waals surface area contributed by atoms with Gasteiger partial charge in [-0.1, -0.05) is 32.0 Å². The third kappa shape index (κ3) is 3.99. The van der Waals surface area contributed by atoms with Crippen LogP contribution in [0.4, 0.5) is 10.5 Å². The van der Waals surface area contributed by atoms with Crippen LogP contribution >= 0.6 is 0 Å². The minimum absolute atomic E-state index is 0.287. The number of anilines is 1. The van der Waals surface area contributed by atoms with Crippen molar-refractivity contribution in [3.63, 3.8) is 0 Å². The number of ether oxygens (including phenoxy) is 2. The minimum Gasteiger partial charge on any atom is -0.497 e. The number of carbonyl (C=O) groups is 1. The van der Waals surface area contributed by atoms with E-state index in [0.29, 0.717) is 11.4 Å². The molecule has 1 amide bonds. The largest absolute Gasteiger partial charge is 0.497 e. The Bertz CT molecular complexity index is 606. The van der Waals surface area contributed by atoms with E-state index in [4.69, 9.17) is 9.47 Å². The Balaban J connectivity index is 2.04. The van der Waals surface area contributed by atoms with Crippen molar-refractivity contribution in [3.05, 3.63) is 54.1 Å². The molecule has 0 spiro atoms. The zero-order chi connectivity index (χ0) is 15.2. The van der Waals surface area contributed by atoms with Crippen molar-refractivity contribution in [3.8, 4) is 11.5 Å². The van der Waals surface area contributed by atoms with Gasteiger partial charge in [-0.05, 0) is 41.8 Å². The summed E-state index contributed by atoms with van der Waals surface area (Å²) in [6.45, 7) is 4.12. The molecule has 2 aromatic rings. The van der Waals surface area contributed by atoms with Crippen molar-refractivity contribution < 1.29 is 14.3 Å². The van der Waals surface area contributed by atoms with Crippen molar-refractivity contribution in [1.29, 1.82) is 0 Å². The molecule has 0 saturated heterocycles. The first-order chi connectivity index (χ1) is 10.1. The molecule has 1 N–H and O–H groups in total. The molecular formula is C17H19NO3. The first-order valence-electron chi connectivity index (χ1n) is 6.82. The summed E-state index contributed by atoms with van der Waals surface area (Å²) in [5.41, 5.74) is 1.66. The molecule has 0 aliphatic rings. The second-order valence-electron chi connectivity index (χ2n) is 4.94. The highest BCUT2D eigenvalue weighted by atomic mass is 16.6. The molecule has 2 aromatic carbocycles. The predicted octanol–water partition coefficient (Wildman–Crippen LogP) is 4.43. The average molecular weight is 285 g/mol. The SMILES string of the molecule is COc1ccc(NC(=O)Oc2ccccc2C(C)C)cc1. The number of para-hydroxylation sites is 1. The molecule has 0 unspecified atom stereocenters. The number of hydrogen-bond donors (Lipinski definition) is 1. The maximum Gasteiger partial charge on any atom is 0.417 e. The van der Waals surface area contributed by atoms with Gasteiger partial charge < -0.3 is 9.47 Å². The fourth-order valence-electron chi connectivity index (χ4n) is 1.97. The number of carbonyl (C=O) groups excluding carboxylic acids is 1. The van der Waals surface area contributed by atoms with Crippen molar-refractivity contribution in [2.24, 2.45) is 0 Å². The first kappa shape index (κ1) is 14.9. The van der Waals surface area contributed by atoms with Gasteiger partial charge in [0.1, 0.15) is 11.5 Å². The molecule has 0 radical (unpaired) electrons. The summed E-state index contributed by atoms with van der Waals surface area (Å²) in [4.78, 5) is 11.9. The number of amides is 1. The van der Waals surface area contributed by atoms with Gasteiger partial charge in [0.15, 0.2) is 0 Å². The lowest BCUT2D eigenvalue weighted by atomic mass is 10.0. The van der Waals surface area contributed by atoms with Crippen LogP contribution in [0.15, 0.2) is 48.5 Å². The summed E-state index contributed by atoms with van der Waals surface area (Å²) >= 11 is 0. The molecule has 0 bridgehead atoms. The lowest BCUT2D eigenvalue weighted by molar-refractivity contribution is 0.214. The predicted molar refractivity (Wildman–Crippen MR) is 83.2 cm³/mol. The van der Waals surface area contributed by atoms with E-state index in [1.165, 1.54) is 0 Å². The minimum atomic E-state index is -0.506. The van der Waals surface area contributed by atoms with Gasteiger partial charge in [-0.2, -0.15) is 0 Å². The van der Waals surface area contributed by atoms with E-state index in [9.17, 15) is 4.79 Å². The van der Waals surface area contributed by atoms with Crippen LogP contribution in [0, 0.1) is 0 Å². The number of rotatable bonds is 4. The Morgan fingerprint density at radius 2 is 1.71 bits per heavy atom. The summed E-state index contributed by atoms with van der Waals surface area (Å²) in [5, 5.41) is 2.69. The van der Waals surface area contributed by atoms with Crippen LogP contribution in [0.1, 0.15) is 25.3 Å². The van der Waals surface area contributed by atoms with Crippen LogP contribution < -0.4 is 14.8 Å². The fraction of sp³-hybridized carbons (Fsp3) is 0.235. The van der Waals surface area contributed by atoms with Crippen LogP contribution in [0.3, 0.4) is 0 Å². The lowest BCUT2D eigenvalue weighted by Gasteiger charge is -2.13. The molecule has 0 fully saturated rings. The molecule has 0 heterocycles. The van der Waals surface area contributed by atoms with Crippen LogP contribution in [0.2, 0.25) is 0 Å². The van der Waals surface area contributed by atoms with Gasteiger partial charge in [-0.3, -0.25) is 5.32 Å². The van der Waals surface area contributed by atoms with E-state index in [1.807, 2.05) is 18.2 Å². The molecule has 4 heteroatoms. The number of methoxy groups -OCH3 is 1. The van der Waals surface area contributed by atoms with Crippen molar-refractivity contribution in [1.82, 2.24) is 0 Å². The summed E-state index contributed by atoms with van der Waals surface area (Å²) in [6.07, 6.45) is -0.506. The molecule has 21 heavy (non-hydrogen) atoms. The van der Waals surface area contributed by atoms with E-state index in [-0.39, 0.29) is 5.92 Å². The molecule has 0 aliphatic carbocycles. The topological polar surface area (TPSA) is 47.6 Å². The lowest BCUT2D eigenvalue weighted by Crippen LogP contribution is -2.17. The van der Waals surface area contributed by atoms with Crippen LogP contribution in [0.25, 0.3) is 0 Å².